The fraction of sp³-hybridized carbons (Fsp3) is 0.857. The minimum Gasteiger partial charge on any atom is -0.379 e. The number of nitrogens with zero attached hydrogens (tertiary/aromatic N) is 3. The quantitative estimate of drug-likeness (QED) is 0.572. The van der Waals surface area contributed by atoms with E-state index in [-0.39, 0.29) is 6.54 Å². The second kappa shape index (κ2) is 4.70. The second-order valence-corrected chi connectivity index (χ2v) is 4.97. The van der Waals surface area contributed by atoms with Gasteiger partial charge in [0, 0.05) is 20.1 Å². The Bertz CT molecular complexity index is 316. The molecule has 0 bridgehead atoms. The topological polar surface area (TPSA) is 73.6 Å². The Morgan fingerprint density at radius 3 is 2.57 bits per heavy atom. The summed E-state index contributed by atoms with van der Waals surface area (Å²) in [6.45, 7) is 1.43. The number of rotatable bonds is 3. The van der Waals surface area contributed by atoms with E-state index in [0.29, 0.717) is 26.3 Å². The highest BCUT2D eigenvalue weighted by Crippen LogP contribution is 2.08. The van der Waals surface area contributed by atoms with Gasteiger partial charge in [-0.05, 0) is 0 Å². The standard InChI is InChI=1S/C7H13N3O3S/c1-9(3-2-8)14(11,12)10-4-6-13-7-5-10/h3-7H2,1H3. The van der Waals surface area contributed by atoms with E-state index in [0.717, 1.165) is 4.31 Å². The van der Waals surface area contributed by atoms with E-state index in [2.05, 4.69) is 0 Å². The summed E-state index contributed by atoms with van der Waals surface area (Å²) in [7, 11) is -2.06. The van der Waals surface area contributed by atoms with Crippen molar-refractivity contribution < 1.29 is 13.2 Å². The van der Waals surface area contributed by atoms with Gasteiger partial charge in [0.05, 0.1) is 19.3 Å². The first-order valence-corrected chi connectivity index (χ1v) is 5.65. The van der Waals surface area contributed by atoms with E-state index in [4.69, 9.17) is 10.00 Å². The lowest BCUT2D eigenvalue weighted by Gasteiger charge is -2.29. The number of ether oxygens (including phenoxy) is 1. The normalized spacial score (nSPS) is 19.5. The number of hydrogen-bond donors (Lipinski definition) is 0. The summed E-state index contributed by atoms with van der Waals surface area (Å²) < 4.78 is 30.9. The average molecular weight is 219 g/mol. The third kappa shape index (κ3) is 2.42. The van der Waals surface area contributed by atoms with Crippen LogP contribution in [-0.2, 0) is 14.9 Å². The van der Waals surface area contributed by atoms with E-state index in [9.17, 15) is 8.42 Å². The van der Waals surface area contributed by atoms with Gasteiger partial charge in [-0.2, -0.15) is 22.3 Å². The molecule has 14 heavy (non-hydrogen) atoms. The van der Waals surface area contributed by atoms with Crippen molar-refractivity contribution in [2.45, 2.75) is 0 Å². The van der Waals surface area contributed by atoms with Gasteiger partial charge in [0.2, 0.25) is 0 Å². The molecule has 0 aromatic heterocycles. The van der Waals surface area contributed by atoms with Crippen LogP contribution in [0.3, 0.4) is 0 Å². The van der Waals surface area contributed by atoms with Crippen LogP contribution in [0.15, 0.2) is 0 Å². The van der Waals surface area contributed by atoms with E-state index in [1.54, 1.807) is 6.07 Å². The van der Waals surface area contributed by atoms with Gasteiger partial charge in [0.15, 0.2) is 0 Å². The van der Waals surface area contributed by atoms with Gasteiger partial charge in [0.25, 0.3) is 10.2 Å². The Hall–Kier alpha value is -0.680. The molecule has 0 aromatic carbocycles. The molecule has 7 heteroatoms. The zero-order chi connectivity index (χ0) is 10.6. The average Bonchev–Trinajstić information content (AvgIpc) is 2.19. The van der Waals surface area contributed by atoms with Gasteiger partial charge >= 0.3 is 0 Å². The van der Waals surface area contributed by atoms with Crippen molar-refractivity contribution in [2.75, 3.05) is 39.9 Å². The van der Waals surface area contributed by atoms with Crippen molar-refractivity contribution in [3.05, 3.63) is 0 Å². The van der Waals surface area contributed by atoms with E-state index >= 15 is 0 Å². The van der Waals surface area contributed by atoms with E-state index < -0.39 is 10.2 Å². The predicted octanol–water partition coefficient (Wildman–Crippen LogP) is -0.981. The van der Waals surface area contributed by atoms with Crippen molar-refractivity contribution in [3.8, 4) is 6.07 Å². The highest BCUT2D eigenvalue weighted by atomic mass is 32.2. The van der Waals surface area contributed by atoms with Crippen molar-refractivity contribution in [2.24, 2.45) is 0 Å². The molecule has 0 spiro atoms. The molecule has 0 amide bonds. The Balaban J connectivity index is 2.68. The summed E-state index contributed by atoms with van der Waals surface area (Å²) in [6.07, 6.45) is 0. The lowest BCUT2D eigenvalue weighted by Crippen LogP contribution is -2.47. The van der Waals surface area contributed by atoms with Crippen molar-refractivity contribution in [1.29, 1.82) is 5.26 Å². The lowest BCUT2D eigenvalue weighted by molar-refractivity contribution is 0.0708. The summed E-state index contributed by atoms with van der Waals surface area (Å²) in [4.78, 5) is 0. The van der Waals surface area contributed by atoms with Crippen LogP contribution in [-0.4, -0.2) is 56.9 Å². The highest BCUT2D eigenvalue weighted by molar-refractivity contribution is 7.86. The van der Waals surface area contributed by atoms with Gasteiger partial charge in [0.1, 0.15) is 6.54 Å². The molecule has 1 aliphatic rings. The minimum atomic E-state index is -3.46. The molecule has 1 saturated heterocycles. The van der Waals surface area contributed by atoms with Crippen LogP contribution in [0.2, 0.25) is 0 Å². The molecule has 6 nitrogen and oxygen atoms in total. The van der Waals surface area contributed by atoms with Crippen LogP contribution in [0.4, 0.5) is 0 Å². The molecule has 1 rings (SSSR count). The number of morpholine rings is 1. The molecular formula is C7H13N3O3S. The molecule has 0 unspecified atom stereocenters. The molecule has 0 aromatic rings. The minimum absolute atomic E-state index is 0.125. The zero-order valence-corrected chi connectivity index (χ0v) is 8.83. The van der Waals surface area contributed by atoms with Crippen LogP contribution < -0.4 is 0 Å². The van der Waals surface area contributed by atoms with E-state index in [1.807, 2.05) is 0 Å². The highest BCUT2D eigenvalue weighted by Gasteiger charge is 2.27. The summed E-state index contributed by atoms with van der Waals surface area (Å²) >= 11 is 0. The maximum Gasteiger partial charge on any atom is 0.282 e. The second-order valence-electron chi connectivity index (χ2n) is 2.93. The van der Waals surface area contributed by atoms with Crippen LogP contribution in [0.5, 0.6) is 0 Å². The third-order valence-corrected chi connectivity index (χ3v) is 3.92. The monoisotopic (exact) mass is 219 g/mol. The first-order chi connectivity index (χ1) is 6.59. The predicted molar refractivity (Wildman–Crippen MR) is 49.6 cm³/mol. The maximum absolute atomic E-state index is 11.7. The Morgan fingerprint density at radius 1 is 1.50 bits per heavy atom. The van der Waals surface area contributed by atoms with Crippen molar-refractivity contribution in [3.63, 3.8) is 0 Å². The molecule has 1 fully saturated rings. The van der Waals surface area contributed by atoms with Crippen LogP contribution >= 0.6 is 0 Å². The summed E-state index contributed by atoms with van der Waals surface area (Å²) in [5, 5.41) is 8.40. The molecule has 0 atom stereocenters. The fourth-order valence-corrected chi connectivity index (χ4v) is 2.38. The molecule has 0 N–H and O–H groups in total. The summed E-state index contributed by atoms with van der Waals surface area (Å²) in [5.74, 6) is 0. The third-order valence-electron chi connectivity index (χ3n) is 1.98. The number of nitriles is 1. The Labute approximate surface area is 83.8 Å². The molecule has 1 heterocycles. The summed E-state index contributed by atoms with van der Waals surface area (Å²) in [6, 6.07) is 1.80. The lowest BCUT2D eigenvalue weighted by atomic mass is 10.5. The summed E-state index contributed by atoms with van der Waals surface area (Å²) in [5.41, 5.74) is 0. The van der Waals surface area contributed by atoms with Gasteiger partial charge in [-0.15, -0.1) is 0 Å². The largest absolute Gasteiger partial charge is 0.379 e. The first-order valence-electron chi connectivity index (χ1n) is 4.25. The van der Waals surface area contributed by atoms with E-state index in [1.165, 1.54) is 11.4 Å². The Morgan fingerprint density at radius 2 is 2.07 bits per heavy atom. The first kappa shape index (κ1) is 11.4. The van der Waals surface area contributed by atoms with Gasteiger partial charge in [-0.1, -0.05) is 0 Å². The maximum atomic E-state index is 11.7. The molecule has 1 aliphatic heterocycles. The SMILES string of the molecule is CN(CC#N)S(=O)(=O)N1CCOCC1. The van der Waals surface area contributed by atoms with Crippen LogP contribution in [0.1, 0.15) is 0 Å². The zero-order valence-electron chi connectivity index (χ0n) is 8.01. The van der Waals surface area contributed by atoms with Gasteiger partial charge in [-0.3, -0.25) is 0 Å². The number of hydrogen-bond acceptors (Lipinski definition) is 4. The molecule has 80 valence electrons. The van der Waals surface area contributed by atoms with Crippen molar-refractivity contribution >= 4 is 10.2 Å². The van der Waals surface area contributed by atoms with Crippen molar-refractivity contribution in [1.82, 2.24) is 8.61 Å². The van der Waals surface area contributed by atoms with Gasteiger partial charge in [-0.25, -0.2) is 0 Å². The van der Waals surface area contributed by atoms with Gasteiger partial charge < -0.3 is 4.74 Å². The fourth-order valence-electron chi connectivity index (χ4n) is 1.16. The molecule has 0 aliphatic carbocycles. The Kier molecular flexibility index (Phi) is 3.83. The molecule has 0 saturated carbocycles. The van der Waals surface area contributed by atoms with Crippen LogP contribution in [0.25, 0.3) is 0 Å². The molecule has 0 radical (unpaired) electrons. The smallest absolute Gasteiger partial charge is 0.282 e. The van der Waals surface area contributed by atoms with Crippen LogP contribution in [0, 0.1) is 11.3 Å². The molecular weight excluding hydrogens is 206 g/mol.